The van der Waals surface area contributed by atoms with Crippen LogP contribution in [0.1, 0.15) is 36.9 Å². The highest BCUT2D eigenvalue weighted by Crippen LogP contribution is 2.38. The molecule has 162 valence electrons. The Balaban J connectivity index is 1.42. The van der Waals surface area contributed by atoms with Crippen LogP contribution >= 0.6 is 0 Å². The number of rotatable bonds is 5. The second-order valence-corrected chi connectivity index (χ2v) is 8.37. The average Bonchev–Trinajstić information content (AvgIpc) is 3.53. The third kappa shape index (κ3) is 4.13. The molecule has 6 heteroatoms. The minimum Gasteiger partial charge on any atom is -0.346 e. The zero-order valence-corrected chi connectivity index (χ0v) is 18.1. The lowest BCUT2D eigenvalue weighted by molar-refractivity contribution is -0.119. The number of hydrogen-bond donors (Lipinski definition) is 2. The summed E-state index contributed by atoms with van der Waals surface area (Å²) in [6.07, 6.45) is 8.98. The Hall–Kier alpha value is -4.24. The van der Waals surface area contributed by atoms with Crippen molar-refractivity contribution in [3.8, 4) is 17.3 Å². The van der Waals surface area contributed by atoms with Crippen molar-refractivity contribution >= 4 is 23.0 Å². The van der Waals surface area contributed by atoms with Crippen molar-refractivity contribution in [2.75, 3.05) is 0 Å². The molecule has 0 aliphatic heterocycles. The van der Waals surface area contributed by atoms with E-state index in [2.05, 4.69) is 26.3 Å². The van der Waals surface area contributed by atoms with Crippen LogP contribution in [-0.4, -0.2) is 20.9 Å². The summed E-state index contributed by atoms with van der Waals surface area (Å²) < 4.78 is 0. The van der Waals surface area contributed by atoms with Crippen LogP contribution in [0.4, 0.5) is 0 Å². The van der Waals surface area contributed by atoms with Crippen molar-refractivity contribution in [2.24, 2.45) is 0 Å². The number of nitrogens with zero attached hydrogens (tertiary/aromatic N) is 3. The summed E-state index contributed by atoms with van der Waals surface area (Å²) in [7, 11) is 0. The Morgan fingerprint density at radius 2 is 1.91 bits per heavy atom. The second kappa shape index (κ2) is 8.71. The number of carbonyl (C=O) groups is 1. The summed E-state index contributed by atoms with van der Waals surface area (Å²) in [6, 6.07) is 21.6. The number of nitriles is 1. The van der Waals surface area contributed by atoms with Gasteiger partial charge in [0.2, 0.25) is 0 Å². The standard InChI is InChI=1S/C27H23N5O/c28-17-20(26(33)32-27(12-4-5-13-27)22-7-2-1-3-8-22)16-23-9-6-10-24(31-23)21-15-19-11-14-29-25(19)30-18-21/h1-3,6-11,14-16,18H,4-5,12-13H2,(H,29,30)(H,32,33)/b20-16+. The molecule has 1 amide bonds. The number of aromatic nitrogens is 3. The zero-order valence-electron chi connectivity index (χ0n) is 18.1. The molecule has 1 aliphatic carbocycles. The predicted octanol–water partition coefficient (Wildman–Crippen LogP) is 5.12. The molecule has 0 saturated heterocycles. The molecule has 1 aromatic carbocycles. The van der Waals surface area contributed by atoms with Gasteiger partial charge in [-0.25, -0.2) is 9.97 Å². The number of amides is 1. The summed E-state index contributed by atoms with van der Waals surface area (Å²) in [4.78, 5) is 25.3. The van der Waals surface area contributed by atoms with Crippen LogP contribution in [0, 0.1) is 11.3 Å². The average molecular weight is 434 g/mol. The summed E-state index contributed by atoms with van der Waals surface area (Å²) in [6.45, 7) is 0. The molecule has 0 spiro atoms. The smallest absolute Gasteiger partial charge is 0.262 e. The highest BCUT2D eigenvalue weighted by molar-refractivity contribution is 6.02. The molecular formula is C27H23N5O. The van der Waals surface area contributed by atoms with Gasteiger partial charge in [-0.1, -0.05) is 49.2 Å². The number of pyridine rings is 2. The Morgan fingerprint density at radius 3 is 2.70 bits per heavy atom. The lowest BCUT2D eigenvalue weighted by Gasteiger charge is -2.31. The van der Waals surface area contributed by atoms with Crippen LogP contribution in [0.15, 0.2) is 78.6 Å². The normalized spacial score (nSPS) is 15.3. The van der Waals surface area contributed by atoms with Gasteiger partial charge in [-0.15, -0.1) is 0 Å². The van der Waals surface area contributed by atoms with Crippen molar-refractivity contribution in [3.05, 3.63) is 89.9 Å². The van der Waals surface area contributed by atoms with Gasteiger partial charge < -0.3 is 10.3 Å². The molecule has 6 nitrogen and oxygen atoms in total. The first-order valence-corrected chi connectivity index (χ1v) is 11.1. The maximum atomic E-state index is 13.1. The summed E-state index contributed by atoms with van der Waals surface area (Å²) >= 11 is 0. The molecule has 5 rings (SSSR count). The van der Waals surface area contributed by atoms with E-state index in [1.165, 1.54) is 0 Å². The van der Waals surface area contributed by atoms with E-state index < -0.39 is 5.54 Å². The molecule has 0 radical (unpaired) electrons. The summed E-state index contributed by atoms with van der Waals surface area (Å²) in [5, 5.41) is 13.9. The van der Waals surface area contributed by atoms with Gasteiger partial charge >= 0.3 is 0 Å². The van der Waals surface area contributed by atoms with Crippen LogP contribution in [0.2, 0.25) is 0 Å². The molecule has 0 bridgehead atoms. The van der Waals surface area contributed by atoms with Gasteiger partial charge in [0.15, 0.2) is 0 Å². The second-order valence-electron chi connectivity index (χ2n) is 8.37. The quantitative estimate of drug-likeness (QED) is 0.337. The Morgan fingerprint density at radius 1 is 1.09 bits per heavy atom. The first-order chi connectivity index (χ1) is 16.2. The van der Waals surface area contributed by atoms with Crippen LogP contribution in [-0.2, 0) is 10.3 Å². The monoisotopic (exact) mass is 433 g/mol. The van der Waals surface area contributed by atoms with E-state index in [9.17, 15) is 10.1 Å². The number of benzene rings is 1. The van der Waals surface area contributed by atoms with E-state index in [1.807, 2.05) is 60.8 Å². The van der Waals surface area contributed by atoms with E-state index in [0.29, 0.717) is 5.69 Å². The number of carbonyl (C=O) groups excluding carboxylic acids is 1. The van der Waals surface area contributed by atoms with Crippen molar-refractivity contribution in [2.45, 2.75) is 31.2 Å². The maximum Gasteiger partial charge on any atom is 0.262 e. The molecule has 1 saturated carbocycles. The third-order valence-corrected chi connectivity index (χ3v) is 6.26. The van der Waals surface area contributed by atoms with Gasteiger partial charge in [0.1, 0.15) is 17.3 Å². The minimum absolute atomic E-state index is 0.0427. The van der Waals surface area contributed by atoms with Crippen LogP contribution < -0.4 is 5.32 Å². The number of aromatic amines is 1. The fourth-order valence-corrected chi connectivity index (χ4v) is 4.58. The SMILES string of the molecule is N#C/C(=C\c1cccc(-c2cnc3[nH]ccc3c2)n1)C(=O)NC1(c2ccccc2)CCCC1. The number of H-pyrrole nitrogens is 1. The largest absolute Gasteiger partial charge is 0.346 e. The van der Waals surface area contributed by atoms with Crippen LogP contribution in [0.3, 0.4) is 0 Å². The van der Waals surface area contributed by atoms with E-state index >= 15 is 0 Å². The van der Waals surface area contributed by atoms with E-state index in [1.54, 1.807) is 18.3 Å². The lowest BCUT2D eigenvalue weighted by atomic mass is 9.88. The molecule has 3 aromatic heterocycles. The summed E-state index contributed by atoms with van der Waals surface area (Å²) in [5.74, 6) is -0.370. The Labute approximate surface area is 192 Å². The number of hydrogen-bond acceptors (Lipinski definition) is 4. The van der Waals surface area contributed by atoms with Gasteiger partial charge in [0.05, 0.1) is 16.9 Å². The molecule has 1 fully saturated rings. The zero-order chi connectivity index (χ0) is 22.7. The number of nitrogens with one attached hydrogen (secondary N) is 2. The van der Waals surface area contributed by atoms with Crippen LogP contribution in [0.5, 0.6) is 0 Å². The number of fused-ring (bicyclic) bond motifs is 1. The molecule has 4 aromatic rings. The molecule has 0 atom stereocenters. The Bertz CT molecular complexity index is 1370. The van der Waals surface area contributed by atoms with E-state index in [0.717, 1.165) is 53.5 Å². The highest BCUT2D eigenvalue weighted by atomic mass is 16.1. The van der Waals surface area contributed by atoms with Gasteiger partial charge in [-0.2, -0.15) is 5.26 Å². The highest BCUT2D eigenvalue weighted by Gasteiger charge is 2.37. The molecule has 1 aliphatic rings. The van der Waals surface area contributed by atoms with Crippen LogP contribution in [0.25, 0.3) is 28.4 Å². The van der Waals surface area contributed by atoms with Crippen molar-refractivity contribution in [1.82, 2.24) is 20.3 Å². The Kier molecular flexibility index (Phi) is 5.45. The van der Waals surface area contributed by atoms with E-state index in [-0.39, 0.29) is 11.5 Å². The fraction of sp³-hybridized carbons (Fsp3) is 0.185. The minimum atomic E-state index is -0.429. The van der Waals surface area contributed by atoms with Gasteiger partial charge in [-0.3, -0.25) is 4.79 Å². The first kappa shape index (κ1) is 20.7. The summed E-state index contributed by atoms with van der Waals surface area (Å²) in [5.41, 5.74) is 3.66. The lowest BCUT2D eigenvalue weighted by Crippen LogP contribution is -2.44. The van der Waals surface area contributed by atoms with Crippen molar-refractivity contribution in [1.29, 1.82) is 5.26 Å². The topological polar surface area (TPSA) is 94.5 Å². The van der Waals surface area contributed by atoms with Gasteiger partial charge in [-0.05, 0) is 48.7 Å². The molecule has 2 N–H and O–H groups in total. The maximum absolute atomic E-state index is 13.1. The third-order valence-electron chi connectivity index (χ3n) is 6.26. The molecule has 3 heterocycles. The molecular weight excluding hydrogens is 410 g/mol. The first-order valence-electron chi connectivity index (χ1n) is 11.1. The van der Waals surface area contributed by atoms with E-state index in [4.69, 9.17) is 0 Å². The fourth-order valence-electron chi connectivity index (χ4n) is 4.58. The predicted molar refractivity (Wildman–Crippen MR) is 128 cm³/mol. The molecule has 33 heavy (non-hydrogen) atoms. The van der Waals surface area contributed by atoms with Crippen molar-refractivity contribution in [3.63, 3.8) is 0 Å². The van der Waals surface area contributed by atoms with Crippen molar-refractivity contribution < 1.29 is 4.79 Å². The molecule has 0 unspecified atom stereocenters. The van der Waals surface area contributed by atoms with Gasteiger partial charge in [0.25, 0.3) is 5.91 Å². The van der Waals surface area contributed by atoms with Gasteiger partial charge in [0, 0.05) is 23.3 Å².